The SMILES string of the molecule is COc1cc2c(cc1OC)C(c1ccccc1)N(Cc1ccc(S(=O)(=O)N(C)C)o1)CC2. The maximum atomic E-state index is 12.4. The number of nitrogens with zero attached hydrogens (tertiary/aromatic N) is 2. The largest absolute Gasteiger partial charge is 0.493 e. The highest BCUT2D eigenvalue weighted by atomic mass is 32.2. The molecule has 32 heavy (non-hydrogen) atoms. The van der Waals surface area contributed by atoms with Gasteiger partial charge in [-0.25, -0.2) is 12.7 Å². The number of ether oxygens (including phenoxy) is 2. The fraction of sp³-hybridized carbons (Fsp3) is 0.333. The van der Waals surface area contributed by atoms with E-state index in [2.05, 4.69) is 23.1 Å². The third-order valence-corrected chi connectivity index (χ3v) is 7.51. The zero-order valence-corrected chi connectivity index (χ0v) is 19.6. The Labute approximate surface area is 189 Å². The second kappa shape index (κ2) is 8.97. The van der Waals surface area contributed by atoms with Crippen LogP contribution in [0.25, 0.3) is 0 Å². The molecule has 0 aliphatic carbocycles. The molecule has 2 aromatic carbocycles. The number of benzene rings is 2. The molecule has 0 radical (unpaired) electrons. The molecule has 1 unspecified atom stereocenters. The van der Waals surface area contributed by atoms with Crippen molar-refractivity contribution in [2.45, 2.75) is 24.1 Å². The second-order valence-corrected chi connectivity index (χ2v) is 10.0. The summed E-state index contributed by atoms with van der Waals surface area (Å²) >= 11 is 0. The van der Waals surface area contributed by atoms with Crippen molar-refractivity contribution in [1.82, 2.24) is 9.21 Å². The van der Waals surface area contributed by atoms with Gasteiger partial charge in [0.1, 0.15) is 5.76 Å². The summed E-state index contributed by atoms with van der Waals surface area (Å²) in [6.45, 7) is 1.27. The lowest BCUT2D eigenvalue weighted by atomic mass is 9.87. The Morgan fingerprint density at radius 3 is 2.38 bits per heavy atom. The van der Waals surface area contributed by atoms with E-state index in [1.54, 1.807) is 20.3 Å². The van der Waals surface area contributed by atoms with E-state index in [9.17, 15) is 8.42 Å². The molecule has 0 fully saturated rings. The Morgan fingerprint density at radius 2 is 1.72 bits per heavy atom. The molecule has 0 bridgehead atoms. The number of fused-ring (bicyclic) bond motifs is 1. The monoisotopic (exact) mass is 456 g/mol. The summed E-state index contributed by atoms with van der Waals surface area (Å²) in [7, 11) is 2.65. The first kappa shape index (κ1) is 22.4. The first-order valence-electron chi connectivity index (χ1n) is 10.4. The van der Waals surface area contributed by atoms with Gasteiger partial charge in [0, 0.05) is 20.6 Å². The zero-order valence-electron chi connectivity index (χ0n) is 18.7. The molecular formula is C24H28N2O5S. The van der Waals surface area contributed by atoms with Crippen LogP contribution in [0.5, 0.6) is 11.5 Å². The molecule has 1 aliphatic rings. The van der Waals surface area contributed by atoms with Crippen molar-refractivity contribution in [3.8, 4) is 11.5 Å². The molecule has 1 atom stereocenters. The van der Waals surface area contributed by atoms with Crippen molar-refractivity contribution >= 4 is 10.0 Å². The van der Waals surface area contributed by atoms with Gasteiger partial charge in [-0.05, 0) is 47.4 Å². The van der Waals surface area contributed by atoms with Gasteiger partial charge >= 0.3 is 0 Å². The number of rotatable bonds is 7. The smallest absolute Gasteiger partial charge is 0.275 e. The van der Waals surface area contributed by atoms with Crippen LogP contribution >= 0.6 is 0 Å². The molecule has 4 rings (SSSR count). The zero-order chi connectivity index (χ0) is 22.9. The van der Waals surface area contributed by atoms with Crippen LogP contribution in [0.15, 0.2) is 64.1 Å². The van der Waals surface area contributed by atoms with Crippen molar-refractivity contribution in [1.29, 1.82) is 0 Å². The second-order valence-electron chi connectivity index (χ2n) is 7.95. The lowest BCUT2D eigenvalue weighted by Crippen LogP contribution is -2.35. The minimum absolute atomic E-state index is 0.0289. The van der Waals surface area contributed by atoms with Crippen LogP contribution in [0.4, 0.5) is 0 Å². The predicted molar refractivity (Wildman–Crippen MR) is 122 cm³/mol. The average molecular weight is 457 g/mol. The summed E-state index contributed by atoms with van der Waals surface area (Å²) < 4.78 is 42.8. The molecule has 3 aromatic rings. The summed E-state index contributed by atoms with van der Waals surface area (Å²) in [5, 5.41) is -0.0439. The van der Waals surface area contributed by atoms with E-state index in [-0.39, 0.29) is 11.1 Å². The van der Waals surface area contributed by atoms with Crippen molar-refractivity contribution < 1.29 is 22.3 Å². The summed E-state index contributed by atoms with van der Waals surface area (Å²) in [4.78, 5) is 2.30. The summed E-state index contributed by atoms with van der Waals surface area (Å²) in [6.07, 6.45) is 0.836. The highest BCUT2D eigenvalue weighted by Crippen LogP contribution is 2.41. The quantitative estimate of drug-likeness (QED) is 0.540. The van der Waals surface area contributed by atoms with Gasteiger partial charge in [-0.15, -0.1) is 0 Å². The molecule has 1 aromatic heterocycles. The van der Waals surface area contributed by atoms with Crippen molar-refractivity contribution in [3.05, 3.63) is 77.0 Å². The predicted octanol–water partition coefficient (Wildman–Crippen LogP) is 3.69. The third kappa shape index (κ3) is 4.13. The van der Waals surface area contributed by atoms with Crippen molar-refractivity contribution in [2.75, 3.05) is 34.9 Å². The van der Waals surface area contributed by atoms with Gasteiger partial charge in [0.05, 0.1) is 26.8 Å². The molecule has 1 aliphatic heterocycles. The highest BCUT2D eigenvalue weighted by Gasteiger charge is 2.31. The van der Waals surface area contributed by atoms with Crippen LogP contribution in [-0.4, -0.2) is 52.5 Å². The molecule has 0 saturated heterocycles. The normalized spacial score (nSPS) is 16.7. The van der Waals surface area contributed by atoms with Gasteiger partial charge in [0.2, 0.25) is 5.09 Å². The van der Waals surface area contributed by atoms with E-state index >= 15 is 0 Å². The molecule has 7 nitrogen and oxygen atoms in total. The van der Waals surface area contributed by atoms with E-state index in [1.165, 1.54) is 25.7 Å². The number of furan rings is 1. The first-order valence-corrected chi connectivity index (χ1v) is 11.8. The molecule has 0 N–H and O–H groups in total. The molecule has 0 spiro atoms. The molecule has 170 valence electrons. The van der Waals surface area contributed by atoms with Crippen LogP contribution < -0.4 is 9.47 Å². The van der Waals surface area contributed by atoms with E-state index in [4.69, 9.17) is 13.9 Å². The van der Waals surface area contributed by atoms with E-state index < -0.39 is 10.0 Å². The Balaban J connectivity index is 1.73. The van der Waals surface area contributed by atoms with E-state index in [0.29, 0.717) is 18.1 Å². The van der Waals surface area contributed by atoms with Gasteiger partial charge in [0.25, 0.3) is 10.0 Å². The van der Waals surface area contributed by atoms with Gasteiger partial charge in [-0.3, -0.25) is 4.90 Å². The lowest BCUT2D eigenvalue weighted by Gasteiger charge is -2.37. The summed E-state index contributed by atoms with van der Waals surface area (Å²) in [6, 6.07) is 17.6. The van der Waals surface area contributed by atoms with Crippen LogP contribution in [0.2, 0.25) is 0 Å². The Hall–Kier alpha value is -2.81. The molecular weight excluding hydrogens is 428 g/mol. The minimum Gasteiger partial charge on any atom is -0.493 e. The van der Waals surface area contributed by atoms with Crippen LogP contribution in [-0.2, 0) is 23.0 Å². The lowest BCUT2D eigenvalue weighted by molar-refractivity contribution is 0.183. The van der Waals surface area contributed by atoms with E-state index in [0.717, 1.165) is 34.1 Å². The summed E-state index contributed by atoms with van der Waals surface area (Å²) in [5.74, 6) is 2.01. The first-order chi connectivity index (χ1) is 15.3. The topological polar surface area (TPSA) is 72.2 Å². The summed E-state index contributed by atoms with van der Waals surface area (Å²) in [5.41, 5.74) is 3.50. The number of sulfonamides is 1. The third-order valence-electron chi connectivity index (χ3n) is 5.82. The Kier molecular flexibility index (Phi) is 6.28. The average Bonchev–Trinajstić information content (AvgIpc) is 3.27. The minimum atomic E-state index is -3.61. The highest BCUT2D eigenvalue weighted by molar-refractivity contribution is 7.88. The van der Waals surface area contributed by atoms with Crippen molar-refractivity contribution in [2.24, 2.45) is 0 Å². The number of hydrogen-bond acceptors (Lipinski definition) is 6. The Morgan fingerprint density at radius 1 is 1.03 bits per heavy atom. The number of methoxy groups -OCH3 is 2. The van der Waals surface area contributed by atoms with E-state index in [1.807, 2.05) is 24.3 Å². The standard InChI is InChI=1S/C24H28N2O5S/c1-25(2)32(27,28)23-11-10-19(31-23)16-26-13-12-18-14-21(29-3)22(30-4)15-20(18)24(26)17-8-6-5-7-9-17/h5-11,14-15,24H,12-13,16H2,1-4H3. The maximum Gasteiger partial charge on any atom is 0.275 e. The maximum absolute atomic E-state index is 12.4. The fourth-order valence-corrected chi connectivity index (χ4v) is 4.97. The Bertz CT molecular complexity index is 1190. The van der Waals surface area contributed by atoms with Gasteiger partial charge in [-0.2, -0.15) is 0 Å². The van der Waals surface area contributed by atoms with Crippen LogP contribution in [0.3, 0.4) is 0 Å². The van der Waals surface area contributed by atoms with Crippen LogP contribution in [0.1, 0.15) is 28.5 Å². The number of hydrogen-bond donors (Lipinski definition) is 0. The van der Waals surface area contributed by atoms with Crippen LogP contribution in [0, 0.1) is 0 Å². The molecule has 8 heteroatoms. The van der Waals surface area contributed by atoms with Gasteiger partial charge in [0.15, 0.2) is 11.5 Å². The fourth-order valence-electron chi connectivity index (χ4n) is 4.16. The van der Waals surface area contributed by atoms with Crippen molar-refractivity contribution in [3.63, 3.8) is 0 Å². The molecule has 0 amide bonds. The molecule has 0 saturated carbocycles. The van der Waals surface area contributed by atoms with Gasteiger partial charge in [-0.1, -0.05) is 30.3 Å². The molecule has 2 heterocycles. The van der Waals surface area contributed by atoms with Gasteiger partial charge < -0.3 is 13.9 Å².